The Kier molecular flexibility index (Phi) is 2.20. The first-order valence-corrected chi connectivity index (χ1v) is 6.37. The van der Waals surface area contributed by atoms with E-state index in [0.717, 1.165) is 17.8 Å². The summed E-state index contributed by atoms with van der Waals surface area (Å²) < 4.78 is 0. The van der Waals surface area contributed by atoms with Crippen molar-refractivity contribution < 1.29 is 4.79 Å². The van der Waals surface area contributed by atoms with E-state index in [4.69, 9.17) is 5.26 Å². The second-order valence-electron chi connectivity index (χ2n) is 6.25. The molecule has 4 rings (SSSR count). The van der Waals surface area contributed by atoms with Crippen LogP contribution in [0.4, 0.5) is 0 Å². The molecule has 0 radical (unpaired) electrons. The predicted molar refractivity (Wildman–Crippen MR) is 59.0 cm³/mol. The number of hydrogen-bond acceptors (Lipinski definition) is 2. The first-order valence-electron chi connectivity index (χ1n) is 6.37. The minimum atomic E-state index is -0.0653. The van der Waals surface area contributed by atoms with Crippen LogP contribution in [-0.2, 0) is 4.79 Å². The van der Waals surface area contributed by atoms with Gasteiger partial charge in [0.1, 0.15) is 0 Å². The lowest BCUT2D eigenvalue weighted by Gasteiger charge is -2.56. The second-order valence-corrected chi connectivity index (χ2v) is 6.25. The lowest BCUT2D eigenvalue weighted by molar-refractivity contribution is -0.128. The van der Waals surface area contributed by atoms with Gasteiger partial charge in [-0.1, -0.05) is 0 Å². The summed E-state index contributed by atoms with van der Waals surface area (Å²) in [6, 6.07) is 0. The molecule has 0 heterocycles. The van der Waals surface area contributed by atoms with Gasteiger partial charge in [-0.15, -0.1) is 0 Å². The van der Waals surface area contributed by atoms with Crippen molar-refractivity contribution in [1.82, 2.24) is 5.32 Å². The van der Waals surface area contributed by atoms with Crippen LogP contribution in [0.1, 0.15) is 44.9 Å². The van der Waals surface area contributed by atoms with E-state index in [-0.39, 0.29) is 11.3 Å². The average Bonchev–Trinajstić information content (AvgIpc) is 2.13. The van der Waals surface area contributed by atoms with Crippen LogP contribution in [0.3, 0.4) is 0 Å². The van der Waals surface area contributed by atoms with Gasteiger partial charge in [-0.25, -0.2) is 0 Å². The molecule has 4 bridgehead atoms. The fraction of sp³-hybridized carbons (Fsp3) is 0.846. The fourth-order valence-electron chi connectivity index (χ4n) is 4.95. The molecule has 1 amide bonds. The molecule has 86 valence electrons. The van der Waals surface area contributed by atoms with Crippen molar-refractivity contribution in [3.63, 3.8) is 0 Å². The Bertz CT molecular complexity index is 320. The van der Waals surface area contributed by atoms with Crippen LogP contribution in [0.5, 0.6) is 0 Å². The largest absolute Gasteiger partial charge is 0.274 e. The number of nitriles is 1. The molecule has 0 aliphatic heterocycles. The third kappa shape index (κ3) is 1.61. The number of carbonyl (C=O) groups is 1. The molecule has 4 fully saturated rings. The highest BCUT2D eigenvalue weighted by Gasteiger charge is 2.51. The lowest BCUT2D eigenvalue weighted by Crippen LogP contribution is -2.47. The summed E-state index contributed by atoms with van der Waals surface area (Å²) in [5.74, 6) is 2.56. The van der Waals surface area contributed by atoms with Gasteiger partial charge in [-0.3, -0.25) is 10.1 Å². The SMILES string of the molecule is N#CNC(=O)CC12CC3CC(CC(C3)C1)C2. The van der Waals surface area contributed by atoms with Gasteiger partial charge >= 0.3 is 0 Å². The number of nitrogens with one attached hydrogen (secondary N) is 1. The minimum absolute atomic E-state index is 0.0653. The molecule has 0 aromatic heterocycles. The van der Waals surface area contributed by atoms with Gasteiger partial charge in [0, 0.05) is 6.42 Å². The van der Waals surface area contributed by atoms with Crippen LogP contribution in [0.15, 0.2) is 0 Å². The summed E-state index contributed by atoms with van der Waals surface area (Å²) in [4.78, 5) is 11.6. The molecular weight excluding hydrogens is 200 g/mol. The molecule has 0 spiro atoms. The molecule has 0 unspecified atom stereocenters. The van der Waals surface area contributed by atoms with Crippen LogP contribution in [0.2, 0.25) is 0 Å². The van der Waals surface area contributed by atoms with Crippen molar-refractivity contribution in [2.24, 2.45) is 23.2 Å². The molecule has 3 nitrogen and oxygen atoms in total. The Balaban J connectivity index is 1.74. The van der Waals surface area contributed by atoms with Crippen molar-refractivity contribution in [3.8, 4) is 6.19 Å². The van der Waals surface area contributed by atoms with Crippen molar-refractivity contribution in [2.45, 2.75) is 44.9 Å². The van der Waals surface area contributed by atoms with Gasteiger partial charge < -0.3 is 0 Å². The van der Waals surface area contributed by atoms with Crippen molar-refractivity contribution in [3.05, 3.63) is 0 Å². The van der Waals surface area contributed by atoms with Gasteiger partial charge in [0.2, 0.25) is 5.91 Å². The van der Waals surface area contributed by atoms with E-state index >= 15 is 0 Å². The quantitative estimate of drug-likeness (QED) is 0.570. The summed E-state index contributed by atoms with van der Waals surface area (Å²) in [7, 11) is 0. The number of nitrogens with zero attached hydrogens (tertiary/aromatic N) is 1. The van der Waals surface area contributed by atoms with Crippen molar-refractivity contribution in [1.29, 1.82) is 5.26 Å². The topological polar surface area (TPSA) is 52.9 Å². The zero-order valence-corrected chi connectivity index (χ0v) is 9.54. The van der Waals surface area contributed by atoms with Gasteiger partial charge in [0.05, 0.1) is 0 Å². The van der Waals surface area contributed by atoms with E-state index in [1.54, 1.807) is 6.19 Å². The Morgan fingerprint density at radius 1 is 1.19 bits per heavy atom. The maximum atomic E-state index is 11.6. The molecule has 4 aliphatic carbocycles. The zero-order chi connectivity index (χ0) is 11.2. The normalized spacial score (nSPS) is 44.1. The van der Waals surface area contributed by atoms with Gasteiger partial charge in [0.15, 0.2) is 6.19 Å². The molecular formula is C13H18N2O. The van der Waals surface area contributed by atoms with Gasteiger partial charge in [0.25, 0.3) is 0 Å². The Hall–Kier alpha value is -1.04. The van der Waals surface area contributed by atoms with Crippen LogP contribution in [-0.4, -0.2) is 5.91 Å². The number of rotatable bonds is 2. The van der Waals surface area contributed by atoms with E-state index in [1.807, 2.05) is 0 Å². The summed E-state index contributed by atoms with van der Waals surface area (Å²) >= 11 is 0. The highest BCUT2D eigenvalue weighted by molar-refractivity contribution is 5.78. The molecule has 4 aliphatic rings. The maximum absolute atomic E-state index is 11.6. The van der Waals surface area contributed by atoms with E-state index in [9.17, 15) is 4.79 Å². The lowest BCUT2D eigenvalue weighted by atomic mass is 9.49. The van der Waals surface area contributed by atoms with E-state index in [2.05, 4.69) is 5.32 Å². The third-order valence-corrected chi connectivity index (χ3v) is 4.90. The van der Waals surface area contributed by atoms with Crippen LogP contribution < -0.4 is 5.32 Å². The minimum Gasteiger partial charge on any atom is -0.274 e. The number of carbonyl (C=O) groups excluding carboxylic acids is 1. The molecule has 16 heavy (non-hydrogen) atoms. The Morgan fingerprint density at radius 2 is 1.69 bits per heavy atom. The predicted octanol–water partition coefficient (Wildman–Crippen LogP) is 2.19. The molecule has 3 heteroatoms. The van der Waals surface area contributed by atoms with Crippen LogP contribution in [0, 0.1) is 34.6 Å². The van der Waals surface area contributed by atoms with Crippen molar-refractivity contribution in [2.75, 3.05) is 0 Å². The molecule has 0 atom stereocenters. The molecule has 0 aromatic rings. The summed E-state index contributed by atoms with van der Waals surface area (Å²) in [5, 5.41) is 10.8. The summed E-state index contributed by atoms with van der Waals surface area (Å²) in [6.45, 7) is 0. The standard InChI is InChI=1S/C13H18N2O/c14-8-15-12(16)7-13-4-9-1-10(5-13)3-11(2-9)6-13/h9-11H,1-7H2,(H,15,16). The van der Waals surface area contributed by atoms with Crippen molar-refractivity contribution >= 4 is 5.91 Å². The first-order chi connectivity index (χ1) is 7.69. The smallest absolute Gasteiger partial charge is 0.233 e. The third-order valence-electron chi connectivity index (χ3n) is 4.90. The van der Waals surface area contributed by atoms with E-state index in [0.29, 0.717) is 6.42 Å². The zero-order valence-electron chi connectivity index (χ0n) is 9.54. The first kappa shape index (κ1) is 10.1. The second kappa shape index (κ2) is 3.48. The molecule has 4 saturated carbocycles. The van der Waals surface area contributed by atoms with E-state index < -0.39 is 0 Å². The summed E-state index contributed by atoms with van der Waals surface area (Å²) in [6.07, 6.45) is 10.2. The Morgan fingerprint density at radius 3 is 2.12 bits per heavy atom. The monoisotopic (exact) mass is 218 g/mol. The molecule has 0 saturated heterocycles. The van der Waals surface area contributed by atoms with E-state index in [1.165, 1.54) is 38.5 Å². The molecule has 0 aromatic carbocycles. The fourth-order valence-corrected chi connectivity index (χ4v) is 4.95. The Labute approximate surface area is 96.2 Å². The number of hydrogen-bond donors (Lipinski definition) is 1. The van der Waals surface area contributed by atoms with Crippen LogP contribution in [0.25, 0.3) is 0 Å². The average molecular weight is 218 g/mol. The maximum Gasteiger partial charge on any atom is 0.233 e. The van der Waals surface area contributed by atoms with Gasteiger partial charge in [-0.2, -0.15) is 5.26 Å². The number of amides is 1. The summed E-state index contributed by atoms with van der Waals surface area (Å²) in [5.41, 5.74) is 0.260. The highest BCUT2D eigenvalue weighted by Crippen LogP contribution is 2.61. The molecule has 1 N–H and O–H groups in total. The highest BCUT2D eigenvalue weighted by atomic mass is 16.1. The van der Waals surface area contributed by atoms with Crippen LogP contribution >= 0.6 is 0 Å². The van der Waals surface area contributed by atoms with Gasteiger partial charge in [-0.05, 0) is 61.7 Å².